The van der Waals surface area contributed by atoms with Gasteiger partial charge in [0, 0.05) is 18.8 Å². The average Bonchev–Trinajstić information content (AvgIpc) is 2.73. The van der Waals surface area contributed by atoms with Gasteiger partial charge in [-0.3, -0.25) is 19.4 Å². The molecule has 4 rings (SSSR count). The fourth-order valence-corrected chi connectivity index (χ4v) is 3.61. The molecular weight excluding hydrogens is 378 g/mol. The lowest BCUT2D eigenvalue weighted by molar-refractivity contribution is 0.0948. The number of benzene rings is 1. The third kappa shape index (κ3) is 3.28. The molecule has 0 aliphatic rings. The number of rotatable bonds is 4. The Balaban J connectivity index is 1.91. The summed E-state index contributed by atoms with van der Waals surface area (Å²) in [6.45, 7) is 6.04. The van der Waals surface area contributed by atoms with Crippen LogP contribution < -0.4 is 16.4 Å². The molecule has 7 nitrogen and oxygen atoms in total. The molecule has 0 fully saturated rings. The summed E-state index contributed by atoms with van der Waals surface area (Å²) >= 11 is 0. The van der Waals surface area contributed by atoms with E-state index in [-0.39, 0.29) is 22.7 Å². The summed E-state index contributed by atoms with van der Waals surface area (Å²) in [7, 11) is 0. The first-order chi connectivity index (χ1) is 14.4. The highest BCUT2D eigenvalue weighted by Gasteiger charge is 2.19. The van der Waals surface area contributed by atoms with Crippen molar-refractivity contribution in [2.45, 2.75) is 33.4 Å². The first kappa shape index (κ1) is 19.6. The summed E-state index contributed by atoms with van der Waals surface area (Å²) < 4.78 is 3.12. The molecule has 4 aromatic rings. The van der Waals surface area contributed by atoms with Gasteiger partial charge in [0.2, 0.25) is 0 Å². The maximum atomic E-state index is 13.2. The van der Waals surface area contributed by atoms with Gasteiger partial charge in [0.25, 0.3) is 11.5 Å². The van der Waals surface area contributed by atoms with Crippen LogP contribution in [0.2, 0.25) is 0 Å². The third-order valence-electron chi connectivity index (χ3n) is 5.13. The minimum atomic E-state index is -0.395. The van der Waals surface area contributed by atoms with Crippen LogP contribution >= 0.6 is 0 Å². The van der Waals surface area contributed by atoms with Gasteiger partial charge in [0.15, 0.2) is 0 Å². The van der Waals surface area contributed by atoms with Crippen LogP contribution in [0, 0.1) is 12.3 Å². The van der Waals surface area contributed by atoms with Gasteiger partial charge in [0.1, 0.15) is 16.8 Å². The van der Waals surface area contributed by atoms with Crippen molar-refractivity contribution in [2.75, 3.05) is 0 Å². The summed E-state index contributed by atoms with van der Waals surface area (Å²) in [5, 5.41) is 11.8. The molecule has 1 aromatic carbocycles. The van der Waals surface area contributed by atoms with Gasteiger partial charge in [-0.25, -0.2) is 4.98 Å². The average molecular weight is 401 g/mol. The highest BCUT2D eigenvalue weighted by molar-refractivity contribution is 5.96. The maximum Gasteiger partial charge on any atom is 0.267 e. The van der Waals surface area contributed by atoms with Crippen LogP contribution in [0.25, 0.3) is 16.7 Å². The Hall–Kier alpha value is -3.74. The van der Waals surface area contributed by atoms with Crippen molar-refractivity contribution in [2.24, 2.45) is 0 Å². The van der Waals surface area contributed by atoms with Crippen LogP contribution in [0.15, 0.2) is 59.5 Å². The fourth-order valence-electron chi connectivity index (χ4n) is 3.61. The molecule has 152 valence electrons. The molecule has 7 heteroatoms. The van der Waals surface area contributed by atoms with E-state index in [1.54, 1.807) is 16.8 Å². The van der Waals surface area contributed by atoms with Crippen LogP contribution in [-0.4, -0.2) is 19.9 Å². The first-order valence-electron chi connectivity index (χ1n) is 9.82. The Bertz CT molecular complexity index is 1380. The van der Waals surface area contributed by atoms with Crippen molar-refractivity contribution in [1.82, 2.24) is 19.3 Å². The molecule has 0 unspecified atom stereocenters. The quantitative estimate of drug-likeness (QED) is 0.515. The normalized spacial score (nSPS) is 11.3. The molecule has 0 atom stereocenters. The SMILES string of the molecule is Cc1cccn2c(=O)c3cc(C(=O)NCc4ccccc4)c(=N)n(C(C)C)c3nc12. The van der Waals surface area contributed by atoms with Gasteiger partial charge in [-0.05, 0) is 44.0 Å². The summed E-state index contributed by atoms with van der Waals surface area (Å²) in [4.78, 5) is 30.8. The molecule has 3 heterocycles. The molecule has 2 N–H and O–H groups in total. The van der Waals surface area contributed by atoms with Gasteiger partial charge in [0.05, 0.1) is 10.9 Å². The number of fused-ring (bicyclic) bond motifs is 2. The minimum Gasteiger partial charge on any atom is -0.348 e. The van der Waals surface area contributed by atoms with E-state index in [0.717, 1.165) is 11.1 Å². The number of pyridine rings is 2. The molecule has 0 aliphatic heterocycles. The zero-order valence-corrected chi connectivity index (χ0v) is 17.1. The third-order valence-corrected chi connectivity index (χ3v) is 5.13. The molecule has 3 aromatic heterocycles. The number of hydrogen-bond donors (Lipinski definition) is 2. The summed E-state index contributed by atoms with van der Waals surface area (Å²) in [6, 6.07) is 14.6. The van der Waals surface area contributed by atoms with E-state index in [0.29, 0.717) is 23.2 Å². The van der Waals surface area contributed by atoms with Gasteiger partial charge >= 0.3 is 0 Å². The largest absolute Gasteiger partial charge is 0.348 e. The standard InChI is InChI=1S/C23H23N5O2/c1-14(2)28-19(24)17(22(29)25-13-16-9-5-4-6-10-16)12-18-21(28)26-20-15(3)8-7-11-27(20)23(18)30/h4-12,14,24H,13H2,1-3H3,(H,25,29). The number of carbonyl (C=O) groups excluding carboxylic acids is 1. The second-order valence-electron chi connectivity index (χ2n) is 7.58. The Labute approximate surface area is 173 Å². The number of nitrogens with zero attached hydrogens (tertiary/aromatic N) is 3. The highest BCUT2D eigenvalue weighted by atomic mass is 16.1. The zero-order chi connectivity index (χ0) is 21.4. The van der Waals surface area contributed by atoms with E-state index < -0.39 is 5.91 Å². The van der Waals surface area contributed by atoms with Crippen molar-refractivity contribution in [1.29, 1.82) is 5.41 Å². The lowest BCUT2D eigenvalue weighted by Gasteiger charge is -2.17. The Morgan fingerprint density at radius 1 is 1.13 bits per heavy atom. The highest BCUT2D eigenvalue weighted by Crippen LogP contribution is 2.16. The van der Waals surface area contributed by atoms with E-state index in [4.69, 9.17) is 5.41 Å². The van der Waals surface area contributed by atoms with Gasteiger partial charge in [-0.2, -0.15) is 0 Å². The van der Waals surface area contributed by atoms with Crippen molar-refractivity contribution in [3.8, 4) is 0 Å². The number of hydrogen-bond acceptors (Lipinski definition) is 4. The minimum absolute atomic E-state index is 0.0351. The van der Waals surface area contributed by atoms with Crippen LogP contribution in [0.3, 0.4) is 0 Å². The van der Waals surface area contributed by atoms with Crippen molar-refractivity contribution in [3.63, 3.8) is 0 Å². The molecule has 1 amide bonds. The lowest BCUT2D eigenvalue weighted by atomic mass is 10.1. The van der Waals surface area contributed by atoms with Crippen molar-refractivity contribution >= 4 is 22.6 Å². The van der Waals surface area contributed by atoms with E-state index in [9.17, 15) is 9.59 Å². The fraction of sp³-hybridized carbons (Fsp3) is 0.217. The number of aromatic nitrogens is 3. The van der Waals surface area contributed by atoms with Crippen LogP contribution in [0.4, 0.5) is 0 Å². The van der Waals surface area contributed by atoms with Crippen LogP contribution in [0.1, 0.15) is 41.4 Å². The smallest absolute Gasteiger partial charge is 0.267 e. The maximum absolute atomic E-state index is 13.2. The summed E-state index contributed by atoms with van der Waals surface area (Å²) in [5.41, 5.74) is 2.71. The van der Waals surface area contributed by atoms with E-state index >= 15 is 0 Å². The van der Waals surface area contributed by atoms with Crippen molar-refractivity contribution < 1.29 is 4.79 Å². The molecular formula is C23H23N5O2. The Morgan fingerprint density at radius 2 is 1.87 bits per heavy atom. The molecule has 0 saturated carbocycles. The number of nitrogens with one attached hydrogen (secondary N) is 2. The first-order valence-corrected chi connectivity index (χ1v) is 9.82. The number of carbonyl (C=O) groups is 1. The molecule has 0 radical (unpaired) electrons. The Morgan fingerprint density at radius 3 is 2.57 bits per heavy atom. The lowest BCUT2D eigenvalue weighted by Crippen LogP contribution is -2.35. The van der Waals surface area contributed by atoms with Gasteiger partial charge in [-0.1, -0.05) is 36.4 Å². The second-order valence-corrected chi connectivity index (χ2v) is 7.58. The van der Waals surface area contributed by atoms with Crippen molar-refractivity contribution in [3.05, 3.63) is 87.3 Å². The van der Waals surface area contributed by atoms with E-state index in [1.165, 1.54) is 10.5 Å². The topological polar surface area (TPSA) is 92.3 Å². The summed E-state index contributed by atoms with van der Waals surface area (Å²) in [6.07, 6.45) is 1.67. The second kappa shape index (κ2) is 7.59. The predicted octanol–water partition coefficient (Wildman–Crippen LogP) is 2.95. The summed E-state index contributed by atoms with van der Waals surface area (Å²) in [5.74, 6) is -0.395. The molecule has 0 saturated heterocycles. The monoisotopic (exact) mass is 401 g/mol. The molecule has 30 heavy (non-hydrogen) atoms. The van der Waals surface area contributed by atoms with Gasteiger partial charge < -0.3 is 9.88 Å². The predicted molar refractivity (Wildman–Crippen MR) is 116 cm³/mol. The number of aryl methyl sites for hydroxylation is 1. The van der Waals surface area contributed by atoms with E-state index in [1.807, 2.05) is 57.2 Å². The Kier molecular flexibility index (Phi) is 4.95. The zero-order valence-electron chi connectivity index (χ0n) is 17.1. The van der Waals surface area contributed by atoms with E-state index in [2.05, 4.69) is 10.3 Å². The molecule has 0 bridgehead atoms. The van der Waals surface area contributed by atoms with Crippen LogP contribution in [0.5, 0.6) is 0 Å². The number of amides is 1. The molecule has 0 aliphatic carbocycles. The molecule has 0 spiro atoms. The van der Waals surface area contributed by atoms with Crippen LogP contribution in [-0.2, 0) is 6.54 Å². The van der Waals surface area contributed by atoms with Gasteiger partial charge in [-0.15, -0.1) is 0 Å².